The fourth-order valence-corrected chi connectivity index (χ4v) is 3.69. The zero-order valence-corrected chi connectivity index (χ0v) is 15.2. The molecule has 0 unspecified atom stereocenters. The van der Waals surface area contributed by atoms with Gasteiger partial charge >= 0.3 is 0 Å². The summed E-state index contributed by atoms with van der Waals surface area (Å²) in [7, 11) is 3.20. The first kappa shape index (κ1) is 17.0. The molecule has 1 aliphatic heterocycles. The summed E-state index contributed by atoms with van der Waals surface area (Å²) >= 11 is 0. The molecule has 3 heterocycles. The molecular weight excluding hydrogens is 332 g/mol. The molecule has 1 fully saturated rings. The minimum absolute atomic E-state index is 0.0816. The average Bonchev–Trinajstić information content (AvgIpc) is 3.40. The maximum Gasteiger partial charge on any atom is 0.260 e. The van der Waals surface area contributed by atoms with Crippen molar-refractivity contribution in [3.05, 3.63) is 41.3 Å². The molecule has 7 nitrogen and oxygen atoms in total. The molecule has 1 amide bonds. The van der Waals surface area contributed by atoms with Crippen LogP contribution in [-0.4, -0.2) is 52.9 Å². The molecule has 2 aliphatic rings. The lowest BCUT2D eigenvalue weighted by atomic mass is 9.99. The van der Waals surface area contributed by atoms with Crippen molar-refractivity contribution in [3.8, 4) is 5.88 Å². The first-order valence-electron chi connectivity index (χ1n) is 9.06. The van der Waals surface area contributed by atoms with Crippen LogP contribution in [0.15, 0.2) is 24.5 Å². The van der Waals surface area contributed by atoms with E-state index in [1.165, 1.54) is 25.5 Å². The van der Waals surface area contributed by atoms with Crippen molar-refractivity contribution < 1.29 is 14.3 Å². The standard InChI is InChI=1S/C19H24N4O3/c1-25-12-16-17-14(10-21-23(17)11-13-5-6-13)7-9-22(16)19(24)15-4-3-8-20-18(15)26-2/h3-4,8,10,13,16H,5-7,9,11-12H2,1-2H3/t16-/m0/s1. The topological polar surface area (TPSA) is 69.5 Å². The fraction of sp³-hybridized carbons (Fsp3) is 0.526. The van der Waals surface area contributed by atoms with E-state index in [0.29, 0.717) is 30.5 Å². The Labute approximate surface area is 152 Å². The van der Waals surface area contributed by atoms with Gasteiger partial charge < -0.3 is 14.4 Å². The second kappa shape index (κ2) is 7.07. The molecule has 1 saturated carbocycles. The monoisotopic (exact) mass is 356 g/mol. The molecule has 138 valence electrons. The molecule has 4 rings (SSSR count). The van der Waals surface area contributed by atoms with E-state index in [2.05, 4.69) is 14.8 Å². The summed E-state index contributed by atoms with van der Waals surface area (Å²) in [4.78, 5) is 19.3. The van der Waals surface area contributed by atoms with Gasteiger partial charge in [-0.2, -0.15) is 5.10 Å². The van der Waals surface area contributed by atoms with Crippen molar-refractivity contribution in [1.82, 2.24) is 19.7 Å². The molecule has 0 N–H and O–H groups in total. The van der Waals surface area contributed by atoms with E-state index >= 15 is 0 Å². The summed E-state index contributed by atoms with van der Waals surface area (Å²) in [5, 5.41) is 4.60. The number of aromatic nitrogens is 3. The van der Waals surface area contributed by atoms with Crippen LogP contribution < -0.4 is 4.74 Å². The lowest BCUT2D eigenvalue weighted by Gasteiger charge is -2.36. The Kier molecular flexibility index (Phi) is 4.63. The Morgan fingerprint density at radius 3 is 2.92 bits per heavy atom. The minimum atomic E-state index is -0.151. The predicted molar refractivity (Wildman–Crippen MR) is 95.1 cm³/mol. The quantitative estimate of drug-likeness (QED) is 0.793. The summed E-state index contributed by atoms with van der Waals surface area (Å²) < 4.78 is 12.8. The van der Waals surface area contributed by atoms with Gasteiger partial charge in [-0.05, 0) is 42.9 Å². The van der Waals surface area contributed by atoms with Crippen molar-refractivity contribution in [2.24, 2.45) is 5.92 Å². The Bertz CT molecular complexity index is 800. The van der Waals surface area contributed by atoms with Gasteiger partial charge in [-0.1, -0.05) is 0 Å². The van der Waals surface area contributed by atoms with Crippen LogP contribution in [0, 0.1) is 5.92 Å². The van der Waals surface area contributed by atoms with Gasteiger partial charge in [0, 0.05) is 26.4 Å². The molecule has 1 atom stereocenters. The number of rotatable bonds is 6. The maximum atomic E-state index is 13.3. The van der Waals surface area contributed by atoms with E-state index in [4.69, 9.17) is 9.47 Å². The van der Waals surface area contributed by atoms with E-state index < -0.39 is 0 Å². The van der Waals surface area contributed by atoms with E-state index in [1.807, 2.05) is 11.1 Å². The van der Waals surface area contributed by atoms with Crippen molar-refractivity contribution in [2.75, 3.05) is 27.4 Å². The van der Waals surface area contributed by atoms with Crippen LogP contribution in [0.5, 0.6) is 5.88 Å². The number of carbonyl (C=O) groups excluding carboxylic acids is 1. The number of hydrogen-bond donors (Lipinski definition) is 0. The van der Waals surface area contributed by atoms with Gasteiger partial charge in [-0.15, -0.1) is 0 Å². The summed E-state index contributed by atoms with van der Waals surface area (Å²) in [6.07, 6.45) is 6.90. The smallest absolute Gasteiger partial charge is 0.260 e. The number of nitrogens with zero attached hydrogens (tertiary/aromatic N) is 4. The van der Waals surface area contributed by atoms with Crippen LogP contribution in [0.4, 0.5) is 0 Å². The first-order valence-corrected chi connectivity index (χ1v) is 9.06. The highest BCUT2D eigenvalue weighted by Gasteiger charge is 2.36. The molecule has 0 spiro atoms. The van der Waals surface area contributed by atoms with Gasteiger partial charge in [0.05, 0.1) is 31.6 Å². The Morgan fingerprint density at radius 2 is 2.19 bits per heavy atom. The average molecular weight is 356 g/mol. The summed E-state index contributed by atoms with van der Waals surface area (Å²) in [6, 6.07) is 3.37. The van der Waals surface area contributed by atoms with Gasteiger partial charge in [0.1, 0.15) is 5.56 Å². The second-order valence-corrected chi connectivity index (χ2v) is 6.96. The number of hydrogen-bond acceptors (Lipinski definition) is 5. The molecule has 2 aromatic rings. The Morgan fingerprint density at radius 1 is 1.35 bits per heavy atom. The summed E-state index contributed by atoms with van der Waals surface area (Å²) in [5.74, 6) is 0.986. The number of fused-ring (bicyclic) bond motifs is 1. The molecule has 26 heavy (non-hydrogen) atoms. The molecule has 0 bridgehead atoms. The number of ether oxygens (including phenoxy) is 2. The summed E-state index contributed by atoms with van der Waals surface area (Å²) in [6.45, 7) is 2.00. The fourth-order valence-electron chi connectivity index (χ4n) is 3.69. The van der Waals surface area contributed by atoms with Crippen molar-refractivity contribution in [3.63, 3.8) is 0 Å². The molecule has 7 heteroatoms. The molecule has 2 aromatic heterocycles. The van der Waals surface area contributed by atoms with Crippen LogP contribution in [0.2, 0.25) is 0 Å². The highest BCUT2D eigenvalue weighted by Crippen LogP contribution is 2.36. The van der Waals surface area contributed by atoms with Crippen LogP contribution >= 0.6 is 0 Å². The number of carbonyl (C=O) groups is 1. The minimum Gasteiger partial charge on any atom is -0.480 e. The normalized spacial score (nSPS) is 19.3. The largest absolute Gasteiger partial charge is 0.480 e. The van der Waals surface area contributed by atoms with Crippen LogP contribution in [0.1, 0.15) is 40.5 Å². The molecule has 0 saturated heterocycles. The molecule has 0 radical (unpaired) electrons. The maximum absolute atomic E-state index is 13.3. The Balaban J connectivity index is 1.68. The van der Waals surface area contributed by atoms with Crippen molar-refractivity contribution >= 4 is 5.91 Å². The van der Waals surface area contributed by atoms with Gasteiger partial charge in [-0.3, -0.25) is 9.48 Å². The molecule has 1 aliphatic carbocycles. The zero-order chi connectivity index (χ0) is 18.1. The number of methoxy groups -OCH3 is 2. The molecular formula is C19H24N4O3. The number of pyridine rings is 1. The third-order valence-corrected chi connectivity index (χ3v) is 5.18. The highest BCUT2D eigenvalue weighted by molar-refractivity contribution is 5.96. The SMILES string of the molecule is COC[C@H]1c2c(cnn2CC2CC2)CCN1C(=O)c1cccnc1OC. The molecule has 0 aromatic carbocycles. The van der Waals surface area contributed by atoms with Gasteiger partial charge in [-0.25, -0.2) is 4.98 Å². The second-order valence-electron chi connectivity index (χ2n) is 6.96. The van der Waals surface area contributed by atoms with E-state index in [0.717, 1.165) is 18.7 Å². The third-order valence-electron chi connectivity index (χ3n) is 5.18. The van der Waals surface area contributed by atoms with Gasteiger partial charge in [0.2, 0.25) is 5.88 Å². The number of amides is 1. The van der Waals surface area contributed by atoms with E-state index in [9.17, 15) is 4.79 Å². The Hall–Kier alpha value is -2.41. The van der Waals surface area contributed by atoms with Crippen LogP contribution in [0.3, 0.4) is 0 Å². The van der Waals surface area contributed by atoms with Crippen molar-refractivity contribution in [2.45, 2.75) is 31.8 Å². The van der Waals surface area contributed by atoms with E-state index in [-0.39, 0.29) is 11.9 Å². The van der Waals surface area contributed by atoms with Crippen LogP contribution in [-0.2, 0) is 17.7 Å². The summed E-state index contributed by atoms with van der Waals surface area (Å²) in [5.41, 5.74) is 2.81. The van der Waals surface area contributed by atoms with E-state index in [1.54, 1.807) is 25.4 Å². The zero-order valence-electron chi connectivity index (χ0n) is 15.2. The predicted octanol–water partition coefficient (Wildman–Crippen LogP) is 2.08. The van der Waals surface area contributed by atoms with Gasteiger partial charge in [0.15, 0.2) is 0 Å². The lowest BCUT2D eigenvalue weighted by molar-refractivity contribution is 0.0478. The van der Waals surface area contributed by atoms with Gasteiger partial charge in [0.25, 0.3) is 5.91 Å². The first-order chi connectivity index (χ1) is 12.7. The highest BCUT2D eigenvalue weighted by atomic mass is 16.5. The van der Waals surface area contributed by atoms with Crippen molar-refractivity contribution in [1.29, 1.82) is 0 Å². The van der Waals surface area contributed by atoms with Crippen LogP contribution in [0.25, 0.3) is 0 Å². The lowest BCUT2D eigenvalue weighted by Crippen LogP contribution is -2.43. The third kappa shape index (κ3) is 3.07.